The summed E-state index contributed by atoms with van der Waals surface area (Å²) in [6, 6.07) is 24.2. The molecular weight excluding hydrogens is 460 g/mol. The van der Waals surface area contributed by atoms with Gasteiger partial charge in [-0.25, -0.2) is 4.79 Å². The molecule has 6 heteroatoms. The molecule has 1 aromatic heterocycles. The van der Waals surface area contributed by atoms with Gasteiger partial charge in [-0.15, -0.1) is 0 Å². The molecule has 0 atom stereocenters. The third kappa shape index (κ3) is 6.20. The number of nitrogens with zero attached hydrogens (tertiary/aromatic N) is 2. The number of aromatic nitrogens is 1. The van der Waals surface area contributed by atoms with Crippen molar-refractivity contribution in [2.24, 2.45) is 0 Å². The molecule has 1 aliphatic rings. The summed E-state index contributed by atoms with van der Waals surface area (Å²) < 4.78 is 0. The smallest absolute Gasteiger partial charge is 0.322 e. The van der Waals surface area contributed by atoms with Crippen molar-refractivity contribution in [2.75, 3.05) is 18.4 Å². The fraction of sp³-hybridized carbons (Fsp3) is 0.290. The first-order valence-corrected chi connectivity index (χ1v) is 13.0. The molecule has 4 aromatic rings. The Labute approximate surface area is 218 Å². The molecule has 3 aromatic carbocycles. The van der Waals surface area contributed by atoms with Crippen LogP contribution in [0.25, 0.3) is 10.9 Å². The number of nitrogens with one attached hydrogen (secondary N) is 2. The molecule has 6 nitrogen and oxygen atoms in total. The van der Waals surface area contributed by atoms with Crippen LogP contribution in [-0.4, -0.2) is 45.9 Å². The van der Waals surface area contributed by atoms with Crippen LogP contribution in [0.15, 0.2) is 79.0 Å². The molecule has 0 aliphatic heterocycles. The van der Waals surface area contributed by atoms with Gasteiger partial charge in [-0.3, -0.25) is 4.79 Å². The van der Waals surface area contributed by atoms with E-state index >= 15 is 0 Å². The normalized spacial score (nSPS) is 12.9. The van der Waals surface area contributed by atoms with Gasteiger partial charge in [-0.2, -0.15) is 0 Å². The van der Waals surface area contributed by atoms with Gasteiger partial charge in [0.25, 0.3) is 0 Å². The number of aryl methyl sites for hydroxylation is 2. The Kier molecular flexibility index (Phi) is 7.26. The molecule has 2 N–H and O–H groups in total. The van der Waals surface area contributed by atoms with Crippen molar-refractivity contribution in [3.63, 3.8) is 0 Å². The largest absolute Gasteiger partial charge is 0.361 e. The highest BCUT2D eigenvalue weighted by molar-refractivity contribution is 5.93. The first-order valence-electron chi connectivity index (χ1n) is 13.0. The average molecular weight is 495 g/mol. The molecule has 0 unspecified atom stereocenters. The van der Waals surface area contributed by atoms with E-state index in [4.69, 9.17) is 0 Å². The zero-order chi connectivity index (χ0) is 25.8. The van der Waals surface area contributed by atoms with Crippen LogP contribution in [0.2, 0.25) is 0 Å². The lowest BCUT2D eigenvalue weighted by Crippen LogP contribution is -2.45. The number of benzene rings is 3. The molecule has 3 amide bonds. The Bertz CT molecular complexity index is 1390. The number of fused-ring (bicyclic) bond motifs is 1. The van der Waals surface area contributed by atoms with Crippen molar-refractivity contribution >= 4 is 28.5 Å². The van der Waals surface area contributed by atoms with Gasteiger partial charge >= 0.3 is 6.03 Å². The summed E-state index contributed by atoms with van der Waals surface area (Å²) in [7, 11) is 0. The number of amides is 3. The van der Waals surface area contributed by atoms with Gasteiger partial charge in [0.2, 0.25) is 5.91 Å². The summed E-state index contributed by atoms with van der Waals surface area (Å²) in [5, 5.41) is 4.17. The number of urea groups is 1. The van der Waals surface area contributed by atoms with Crippen LogP contribution in [0, 0.1) is 13.8 Å². The van der Waals surface area contributed by atoms with Crippen LogP contribution in [0.4, 0.5) is 10.5 Å². The van der Waals surface area contributed by atoms with Crippen molar-refractivity contribution in [2.45, 2.75) is 45.7 Å². The van der Waals surface area contributed by atoms with E-state index in [1.54, 1.807) is 4.90 Å². The number of carbonyl (C=O) groups excluding carboxylic acids is 2. The number of hydrogen-bond donors (Lipinski definition) is 2. The molecule has 1 saturated carbocycles. The molecule has 190 valence electrons. The summed E-state index contributed by atoms with van der Waals surface area (Å²) in [4.78, 5) is 33.8. The minimum atomic E-state index is -0.214. The Morgan fingerprint density at radius 3 is 2.49 bits per heavy atom. The summed E-state index contributed by atoms with van der Waals surface area (Å²) in [6.07, 6.45) is 4.63. The zero-order valence-corrected chi connectivity index (χ0v) is 21.5. The lowest BCUT2D eigenvalue weighted by Gasteiger charge is -2.28. The van der Waals surface area contributed by atoms with Crippen LogP contribution >= 0.6 is 0 Å². The molecular formula is C31H34N4O2. The topological polar surface area (TPSA) is 68.4 Å². The fourth-order valence-electron chi connectivity index (χ4n) is 4.72. The third-order valence-corrected chi connectivity index (χ3v) is 7.00. The van der Waals surface area contributed by atoms with Crippen molar-refractivity contribution < 1.29 is 9.59 Å². The fourth-order valence-corrected chi connectivity index (χ4v) is 4.72. The zero-order valence-electron chi connectivity index (χ0n) is 21.5. The summed E-state index contributed by atoms with van der Waals surface area (Å²) in [5.74, 6) is -0.0355. The van der Waals surface area contributed by atoms with E-state index in [2.05, 4.69) is 53.6 Å². The molecule has 1 heterocycles. The molecule has 5 rings (SSSR count). The number of anilines is 1. The highest BCUT2D eigenvalue weighted by Crippen LogP contribution is 2.28. The quantitative estimate of drug-likeness (QED) is 0.297. The van der Waals surface area contributed by atoms with E-state index < -0.39 is 0 Å². The summed E-state index contributed by atoms with van der Waals surface area (Å²) in [6.45, 7) is 5.21. The Hall–Kier alpha value is -4.06. The lowest BCUT2D eigenvalue weighted by atomic mass is 10.1. The minimum absolute atomic E-state index is 0.0355. The molecule has 0 bridgehead atoms. The molecule has 1 fully saturated rings. The van der Waals surface area contributed by atoms with Crippen molar-refractivity contribution in [3.8, 4) is 0 Å². The SMILES string of the molecule is Cc1ccc(CN(CCc2c[nH]c3ccccc23)C(=O)CN(C(=O)Nc2cccc(C)c2)C2CC2)cc1. The van der Waals surface area contributed by atoms with E-state index in [-0.39, 0.29) is 24.5 Å². The van der Waals surface area contributed by atoms with Crippen LogP contribution in [0.1, 0.15) is 35.1 Å². The van der Waals surface area contributed by atoms with Crippen LogP contribution in [0.3, 0.4) is 0 Å². The van der Waals surface area contributed by atoms with Crippen molar-refractivity contribution in [1.82, 2.24) is 14.8 Å². The number of rotatable bonds is 9. The van der Waals surface area contributed by atoms with Gasteiger partial charge in [0.05, 0.1) is 0 Å². The number of aromatic amines is 1. The molecule has 0 spiro atoms. The maximum absolute atomic E-state index is 13.7. The van der Waals surface area contributed by atoms with Crippen LogP contribution < -0.4 is 5.32 Å². The van der Waals surface area contributed by atoms with Crippen LogP contribution in [0.5, 0.6) is 0 Å². The van der Waals surface area contributed by atoms with E-state index in [1.807, 2.05) is 54.4 Å². The minimum Gasteiger partial charge on any atom is -0.361 e. The number of H-pyrrole nitrogens is 1. The van der Waals surface area contributed by atoms with Gasteiger partial charge in [0.1, 0.15) is 6.54 Å². The van der Waals surface area contributed by atoms with Gasteiger partial charge in [0.15, 0.2) is 0 Å². The maximum Gasteiger partial charge on any atom is 0.322 e. The van der Waals surface area contributed by atoms with Gasteiger partial charge in [-0.1, -0.05) is 60.2 Å². The average Bonchev–Trinajstić information content (AvgIpc) is 3.65. The third-order valence-electron chi connectivity index (χ3n) is 7.00. The van der Waals surface area contributed by atoms with Gasteiger partial charge in [-0.05, 0) is 68.0 Å². The van der Waals surface area contributed by atoms with Gasteiger partial charge < -0.3 is 20.1 Å². The first kappa shape index (κ1) is 24.6. The monoisotopic (exact) mass is 494 g/mol. The molecule has 1 aliphatic carbocycles. The first-order chi connectivity index (χ1) is 18.0. The molecule has 37 heavy (non-hydrogen) atoms. The predicted molar refractivity (Wildman–Crippen MR) is 149 cm³/mol. The lowest BCUT2D eigenvalue weighted by molar-refractivity contribution is -0.132. The number of carbonyl (C=O) groups is 2. The second-order valence-electron chi connectivity index (χ2n) is 10.1. The van der Waals surface area contributed by atoms with Gasteiger partial charge in [0, 0.05) is 41.9 Å². The maximum atomic E-state index is 13.7. The second-order valence-corrected chi connectivity index (χ2v) is 10.1. The highest BCUT2D eigenvalue weighted by atomic mass is 16.2. The van der Waals surface area contributed by atoms with Crippen LogP contribution in [-0.2, 0) is 17.8 Å². The second kappa shape index (κ2) is 10.9. The predicted octanol–water partition coefficient (Wildman–Crippen LogP) is 6.05. The standard InChI is InChI=1S/C31H34N4O2/c1-22-10-12-24(13-11-22)20-34(17-16-25-19-32-29-9-4-3-8-28(25)29)30(36)21-35(27-14-15-27)31(37)33-26-7-5-6-23(2)18-26/h3-13,18-19,27,32H,14-17,20-21H2,1-2H3,(H,33,37). The Balaban J connectivity index is 1.32. The van der Waals surface area contributed by atoms with E-state index in [0.717, 1.165) is 41.6 Å². The summed E-state index contributed by atoms with van der Waals surface area (Å²) >= 11 is 0. The highest BCUT2D eigenvalue weighted by Gasteiger charge is 2.35. The Morgan fingerprint density at radius 1 is 0.946 bits per heavy atom. The van der Waals surface area contributed by atoms with E-state index in [0.29, 0.717) is 13.1 Å². The number of para-hydroxylation sites is 1. The van der Waals surface area contributed by atoms with Crippen molar-refractivity contribution in [3.05, 3.63) is 101 Å². The summed E-state index contributed by atoms with van der Waals surface area (Å²) in [5.41, 5.74) is 6.38. The number of hydrogen-bond acceptors (Lipinski definition) is 2. The molecule has 0 saturated heterocycles. The Morgan fingerprint density at radius 2 is 1.73 bits per heavy atom. The molecule has 0 radical (unpaired) electrons. The van der Waals surface area contributed by atoms with E-state index in [9.17, 15) is 9.59 Å². The van der Waals surface area contributed by atoms with E-state index in [1.165, 1.54) is 16.5 Å². The van der Waals surface area contributed by atoms with Crippen molar-refractivity contribution in [1.29, 1.82) is 0 Å².